The van der Waals surface area contributed by atoms with Crippen LogP contribution in [-0.2, 0) is 6.42 Å². The first kappa shape index (κ1) is 12.9. The van der Waals surface area contributed by atoms with Crippen LogP contribution in [0.5, 0.6) is 0 Å². The van der Waals surface area contributed by atoms with Gasteiger partial charge in [-0.3, -0.25) is 0 Å². The molecule has 0 aliphatic heterocycles. The van der Waals surface area contributed by atoms with Gasteiger partial charge in [-0.1, -0.05) is 67.8 Å². The molecule has 0 bridgehead atoms. The normalized spacial score (nSPS) is 16.6. The fourth-order valence-electron chi connectivity index (χ4n) is 3.78. The Kier molecular flexibility index (Phi) is 3.39. The molecule has 0 saturated heterocycles. The summed E-state index contributed by atoms with van der Waals surface area (Å²) in [6.07, 6.45) is 8.02. The van der Waals surface area contributed by atoms with Crippen LogP contribution in [0.15, 0.2) is 54.6 Å². The Morgan fingerprint density at radius 1 is 0.667 bits per heavy atom. The Morgan fingerprint density at radius 3 is 1.86 bits per heavy atom. The van der Waals surface area contributed by atoms with Crippen molar-refractivity contribution in [1.29, 1.82) is 0 Å². The number of fused-ring (bicyclic) bond motifs is 2. The third-order valence-corrected chi connectivity index (χ3v) is 4.87. The Labute approximate surface area is 126 Å². The second-order valence-corrected chi connectivity index (χ2v) is 6.28. The fourth-order valence-corrected chi connectivity index (χ4v) is 3.78. The molecule has 3 aromatic rings. The second kappa shape index (κ2) is 5.52. The summed E-state index contributed by atoms with van der Waals surface area (Å²) in [7, 11) is 0. The maximum atomic E-state index is 2.33. The lowest BCUT2D eigenvalue weighted by atomic mass is 9.82. The standard InChI is InChI=1S/C21H21/c1-2-8-16(9-3-1)14-21-19-12-6-4-10-17(19)15-18-11-5-7-13-20(18)21/h4-7,10-13,15H,1-3,8-9,14H2. The van der Waals surface area contributed by atoms with Gasteiger partial charge < -0.3 is 0 Å². The summed E-state index contributed by atoms with van der Waals surface area (Å²) < 4.78 is 0. The van der Waals surface area contributed by atoms with Crippen molar-refractivity contribution >= 4 is 21.5 Å². The van der Waals surface area contributed by atoms with Crippen molar-refractivity contribution in [2.75, 3.05) is 0 Å². The van der Waals surface area contributed by atoms with Crippen LogP contribution in [0.3, 0.4) is 0 Å². The highest BCUT2D eigenvalue weighted by Crippen LogP contribution is 2.35. The molecule has 0 amide bonds. The summed E-state index contributed by atoms with van der Waals surface area (Å²) >= 11 is 0. The van der Waals surface area contributed by atoms with Crippen LogP contribution in [0.1, 0.15) is 37.7 Å². The van der Waals surface area contributed by atoms with Crippen LogP contribution in [0.2, 0.25) is 0 Å². The summed E-state index contributed by atoms with van der Waals surface area (Å²) in [6.45, 7) is 0. The van der Waals surface area contributed by atoms with Crippen molar-refractivity contribution in [3.05, 3.63) is 66.1 Å². The molecular formula is C21H21. The number of hydrogen-bond donors (Lipinski definition) is 0. The van der Waals surface area contributed by atoms with E-state index in [1.165, 1.54) is 60.1 Å². The minimum absolute atomic E-state index is 1.17. The van der Waals surface area contributed by atoms with Crippen LogP contribution in [-0.4, -0.2) is 0 Å². The van der Waals surface area contributed by atoms with Crippen LogP contribution in [0.4, 0.5) is 0 Å². The third kappa shape index (κ3) is 2.44. The maximum absolute atomic E-state index is 2.33. The SMILES string of the molecule is c1ccc2c(C[C]3CCCCC3)c3ccccc3cc2c1. The van der Waals surface area contributed by atoms with Gasteiger partial charge in [0.2, 0.25) is 0 Å². The molecule has 0 heteroatoms. The van der Waals surface area contributed by atoms with Gasteiger partial charge in [-0.15, -0.1) is 0 Å². The summed E-state index contributed by atoms with van der Waals surface area (Å²) in [6, 6.07) is 20.1. The zero-order chi connectivity index (χ0) is 14.1. The molecule has 0 unspecified atom stereocenters. The van der Waals surface area contributed by atoms with Crippen LogP contribution < -0.4 is 0 Å². The molecule has 105 valence electrons. The van der Waals surface area contributed by atoms with Gasteiger partial charge in [0.15, 0.2) is 0 Å². The highest BCUT2D eigenvalue weighted by molar-refractivity contribution is 6.02. The first-order valence-electron chi connectivity index (χ1n) is 8.15. The van der Waals surface area contributed by atoms with Crippen molar-refractivity contribution < 1.29 is 0 Å². The van der Waals surface area contributed by atoms with E-state index < -0.39 is 0 Å². The smallest absolute Gasteiger partial charge is 0.0145 e. The van der Waals surface area contributed by atoms with E-state index in [1.807, 2.05) is 0 Å². The van der Waals surface area contributed by atoms with Gasteiger partial charge in [-0.25, -0.2) is 0 Å². The van der Waals surface area contributed by atoms with E-state index in [1.54, 1.807) is 11.5 Å². The summed E-state index contributed by atoms with van der Waals surface area (Å²) in [5.41, 5.74) is 1.54. The van der Waals surface area contributed by atoms with Crippen LogP contribution >= 0.6 is 0 Å². The molecule has 0 nitrogen and oxygen atoms in total. The van der Waals surface area contributed by atoms with Gasteiger partial charge in [0, 0.05) is 0 Å². The lowest BCUT2D eigenvalue weighted by Gasteiger charge is -2.22. The minimum atomic E-state index is 1.17. The van der Waals surface area contributed by atoms with Crippen LogP contribution in [0.25, 0.3) is 21.5 Å². The molecule has 1 fully saturated rings. The average Bonchev–Trinajstić information content (AvgIpc) is 2.55. The molecule has 0 heterocycles. The molecule has 0 aromatic heterocycles. The Balaban J connectivity index is 1.89. The predicted molar refractivity (Wildman–Crippen MR) is 91.5 cm³/mol. The molecule has 1 aliphatic carbocycles. The Bertz CT molecular complexity index is 709. The van der Waals surface area contributed by atoms with E-state index in [0.29, 0.717) is 0 Å². The quantitative estimate of drug-likeness (QED) is 0.497. The third-order valence-electron chi connectivity index (χ3n) is 4.87. The van der Waals surface area contributed by atoms with Crippen molar-refractivity contribution in [3.8, 4) is 0 Å². The lowest BCUT2D eigenvalue weighted by Crippen LogP contribution is -2.07. The minimum Gasteiger partial charge on any atom is -0.0616 e. The molecule has 0 N–H and O–H groups in total. The van der Waals surface area contributed by atoms with E-state index in [0.717, 1.165) is 0 Å². The summed E-state index contributed by atoms with van der Waals surface area (Å²) in [4.78, 5) is 0. The summed E-state index contributed by atoms with van der Waals surface area (Å²) in [5, 5.41) is 5.63. The Hall–Kier alpha value is -1.82. The van der Waals surface area contributed by atoms with Crippen LogP contribution in [0, 0.1) is 5.92 Å². The molecule has 3 aromatic carbocycles. The highest BCUT2D eigenvalue weighted by atomic mass is 14.2. The van der Waals surface area contributed by atoms with Crippen molar-refractivity contribution in [3.63, 3.8) is 0 Å². The first-order valence-corrected chi connectivity index (χ1v) is 8.15. The molecule has 1 saturated carbocycles. The van der Waals surface area contributed by atoms with Gasteiger partial charge >= 0.3 is 0 Å². The Morgan fingerprint density at radius 2 is 1.24 bits per heavy atom. The average molecular weight is 273 g/mol. The van der Waals surface area contributed by atoms with E-state index in [2.05, 4.69) is 54.6 Å². The highest BCUT2D eigenvalue weighted by Gasteiger charge is 2.17. The number of benzene rings is 3. The maximum Gasteiger partial charge on any atom is -0.0145 e. The molecule has 1 aliphatic rings. The van der Waals surface area contributed by atoms with Crippen molar-refractivity contribution in [2.45, 2.75) is 38.5 Å². The second-order valence-electron chi connectivity index (χ2n) is 6.28. The number of hydrogen-bond acceptors (Lipinski definition) is 0. The fraction of sp³-hybridized carbons (Fsp3) is 0.286. The topological polar surface area (TPSA) is 0 Å². The monoisotopic (exact) mass is 273 g/mol. The first-order chi connectivity index (χ1) is 10.4. The largest absolute Gasteiger partial charge is 0.0616 e. The molecule has 21 heavy (non-hydrogen) atoms. The number of rotatable bonds is 2. The van der Waals surface area contributed by atoms with Crippen molar-refractivity contribution in [2.24, 2.45) is 0 Å². The van der Waals surface area contributed by atoms with Gasteiger partial charge in [0.1, 0.15) is 0 Å². The molecule has 0 atom stereocenters. The van der Waals surface area contributed by atoms with E-state index >= 15 is 0 Å². The molecule has 1 radical (unpaired) electrons. The molecule has 4 rings (SSSR count). The van der Waals surface area contributed by atoms with Gasteiger partial charge in [-0.2, -0.15) is 0 Å². The van der Waals surface area contributed by atoms with E-state index in [9.17, 15) is 0 Å². The zero-order valence-corrected chi connectivity index (χ0v) is 12.4. The molecular weight excluding hydrogens is 252 g/mol. The van der Waals surface area contributed by atoms with Crippen molar-refractivity contribution in [1.82, 2.24) is 0 Å². The zero-order valence-electron chi connectivity index (χ0n) is 12.4. The summed E-state index contributed by atoms with van der Waals surface area (Å²) in [5.74, 6) is 1.75. The predicted octanol–water partition coefficient (Wildman–Crippen LogP) is 6.07. The molecule has 0 spiro atoms. The van der Waals surface area contributed by atoms with Gasteiger partial charge in [-0.05, 0) is 58.4 Å². The van der Waals surface area contributed by atoms with Gasteiger partial charge in [0.25, 0.3) is 0 Å². The van der Waals surface area contributed by atoms with E-state index in [-0.39, 0.29) is 0 Å². The van der Waals surface area contributed by atoms with E-state index in [4.69, 9.17) is 0 Å². The van der Waals surface area contributed by atoms with Gasteiger partial charge in [0.05, 0.1) is 0 Å². The lowest BCUT2D eigenvalue weighted by molar-refractivity contribution is 0.521.